The molecule has 1 N–H and O–H groups in total. The molecular weight excluding hydrogens is 260 g/mol. The fourth-order valence-corrected chi connectivity index (χ4v) is 3.61. The summed E-state index contributed by atoms with van der Waals surface area (Å²) in [6.45, 7) is 6.86. The van der Waals surface area contributed by atoms with Crippen LogP contribution in [0.1, 0.15) is 38.2 Å². The van der Waals surface area contributed by atoms with Gasteiger partial charge in [0.15, 0.2) is 0 Å². The Labute approximate surface area is 128 Å². The van der Waals surface area contributed by atoms with E-state index in [2.05, 4.69) is 41.4 Å². The molecule has 2 aliphatic rings. The van der Waals surface area contributed by atoms with Gasteiger partial charge in [0.1, 0.15) is 11.9 Å². The Balaban J connectivity index is 1.53. The first kappa shape index (κ1) is 14.9. The number of piperidine rings is 1. The minimum Gasteiger partial charge on any atom is -0.488 e. The average molecular weight is 288 g/mol. The van der Waals surface area contributed by atoms with E-state index in [0.29, 0.717) is 12.1 Å². The van der Waals surface area contributed by atoms with Gasteiger partial charge in [-0.15, -0.1) is 0 Å². The van der Waals surface area contributed by atoms with Crippen LogP contribution in [0.4, 0.5) is 0 Å². The van der Waals surface area contributed by atoms with Gasteiger partial charge in [-0.1, -0.05) is 31.5 Å². The molecule has 1 fully saturated rings. The number of benzene rings is 1. The van der Waals surface area contributed by atoms with Crippen molar-refractivity contribution >= 4 is 0 Å². The standard InChI is InChI=1S/C18H28N2O/c1-2-11-20(13-16-8-5-6-10-19-16)14-17-12-15-7-3-4-9-18(15)21-17/h3-4,7,9,16-17,19H,2,5-6,8,10-14H2,1H3. The van der Waals surface area contributed by atoms with Crippen molar-refractivity contribution in [3.63, 3.8) is 0 Å². The fraction of sp³-hybridized carbons (Fsp3) is 0.667. The van der Waals surface area contributed by atoms with Crippen LogP contribution in [-0.4, -0.2) is 43.2 Å². The monoisotopic (exact) mass is 288 g/mol. The van der Waals surface area contributed by atoms with Gasteiger partial charge in [0.2, 0.25) is 0 Å². The van der Waals surface area contributed by atoms with Gasteiger partial charge in [-0.2, -0.15) is 0 Å². The highest BCUT2D eigenvalue weighted by Gasteiger charge is 2.25. The Kier molecular flexibility index (Phi) is 5.15. The van der Waals surface area contributed by atoms with Crippen LogP contribution in [0.2, 0.25) is 0 Å². The predicted octanol–water partition coefficient (Wildman–Crippen LogP) is 2.84. The predicted molar refractivity (Wildman–Crippen MR) is 86.9 cm³/mol. The molecular formula is C18H28N2O. The molecule has 0 bridgehead atoms. The van der Waals surface area contributed by atoms with Crippen LogP contribution in [0.15, 0.2) is 24.3 Å². The second-order valence-electron chi connectivity index (χ2n) is 6.46. The number of hydrogen-bond donors (Lipinski definition) is 1. The summed E-state index contributed by atoms with van der Waals surface area (Å²) in [6.07, 6.45) is 6.65. The minimum absolute atomic E-state index is 0.331. The summed E-state index contributed by atoms with van der Waals surface area (Å²) in [5.74, 6) is 1.09. The Morgan fingerprint density at radius 3 is 2.90 bits per heavy atom. The van der Waals surface area contributed by atoms with Crippen molar-refractivity contribution in [2.75, 3.05) is 26.2 Å². The van der Waals surface area contributed by atoms with E-state index in [1.807, 2.05) is 0 Å². The second kappa shape index (κ2) is 7.28. The molecule has 0 amide bonds. The zero-order valence-electron chi connectivity index (χ0n) is 13.2. The number of para-hydroxylation sites is 1. The highest BCUT2D eigenvalue weighted by Crippen LogP contribution is 2.28. The molecule has 3 nitrogen and oxygen atoms in total. The lowest BCUT2D eigenvalue weighted by molar-refractivity contribution is 0.136. The van der Waals surface area contributed by atoms with Crippen LogP contribution in [0.25, 0.3) is 0 Å². The van der Waals surface area contributed by atoms with Gasteiger partial charge in [-0.25, -0.2) is 0 Å². The summed E-state index contributed by atoms with van der Waals surface area (Å²) in [6, 6.07) is 9.15. The molecule has 2 aliphatic heterocycles. The summed E-state index contributed by atoms with van der Waals surface area (Å²) in [7, 11) is 0. The topological polar surface area (TPSA) is 24.5 Å². The van der Waals surface area contributed by atoms with E-state index in [9.17, 15) is 0 Å². The Bertz CT molecular complexity index is 418. The number of nitrogens with one attached hydrogen (secondary N) is 1. The van der Waals surface area contributed by atoms with Gasteiger partial charge in [-0.05, 0) is 44.0 Å². The first-order valence-corrected chi connectivity index (χ1v) is 8.55. The van der Waals surface area contributed by atoms with Crippen LogP contribution in [-0.2, 0) is 6.42 Å². The zero-order valence-corrected chi connectivity index (χ0v) is 13.2. The summed E-state index contributed by atoms with van der Waals surface area (Å²) in [4.78, 5) is 2.60. The van der Waals surface area contributed by atoms with Crippen LogP contribution in [0, 0.1) is 0 Å². The molecule has 0 aromatic heterocycles. The van der Waals surface area contributed by atoms with Crippen molar-refractivity contribution in [1.29, 1.82) is 0 Å². The van der Waals surface area contributed by atoms with Crippen molar-refractivity contribution in [3.05, 3.63) is 29.8 Å². The lowest BCUT2D eigenvalue weighted by Crippen LogP contribution is -2.46. The lowest BCUT2D eigenvalue weighted by Gasteiger charge is -2.31. The Morgan fingerprint density at radius 2 is 2.14 bits per heavy atom. The molecule has 0 spiro atoms. The molecule has 0 saturated carbocycles. The van der Waals surface area contributed by atoms with Gasteiger partial charge in [0.25, 0.3) is 0 Å². The van der Waals surface area contributed by atoms with E-state index in [1.165, 1.54) is 50.9 Å². The largest absolute Gasteiger partial charge is 0.488 e. The van der Waals surface area contributed by atoms with Crippen LogP contribution < -0.4 is 10.1 Å². The molecule has 3 heteroatoms. The Morgan fingerprint density at radius 1 is 1.24 bits per heavy atom. The number of fused-ring (bicyclic) bond motifs is 1. The van der Waals surface area contributed by atoms with Gasteiger partial charge < -0.3 is 10.1 Å². The van der Waals surface area contributed by atoms with Crippen molar-refractivity contribution in [2.45, 2.75) is 51.2 Å². The summed E-state index contributed by atoms with van der Waals surface area (Å²) >= 11 is 0. The van der Waals surface area contributed by atoms with E-state index < -0.39 is 0 Å². The number of nitrogens with zero attached hydrogens (tertiary/aromatic N) is 1. The third-order valence-electron chi connectivity index (χ3n) is 4.61. The summed E-state index contributed by atoms with van der Waals surface area (Å²) < 4.78 is 6.11. The van der Waals surface area contributed by atoms with E-state index in [1.54, 1.807) is 0 Å². The highest BCUT2D eigenvalue weighted by atomic mass is 16.5. The maximum absolute atomic E-state index is 6.11. The zero-order chi connectivity index (χ0) is 14.5. The molecule has 1 aromatic carbocycles. The first-order chi connectivity index (χ1) is 10.3. The van der Waals surface area contributed by atoms with Gasteiger partial charge >= 0.3 is 0 Å². The first-order valence-electron chi connectivity index (χ1n) is 8.55. The molecule has 2 heterocycles. The molecule has 1 saturated heterocycles. The van der Waals surface area contributed by atoms with E-state index in [-0.39, 0.29) is 0 Å². The van der Waals surface area contributed by atoms with Crippen molar-refractivity contribution in [2.24, 2.45) is 0 Å². The van der Waals surface area contributed by atoms with Gasteiger partial charge in [0, 0.05) is 25.6 Å². The summed E-state index contributed by atoms with van der Waals surface area (Å²) in [5.41, 5.74) is 1.37. The van der Waals surface area contributed by atoms with Crippen molar-refractivity contribution in [3.8, 4) is 5.75 Å². The number of rotatable bonds is 6. The maximum Gasteiger partial charge on any atom is 0.123 e. The molecule has 0 radical (unpaired) electrons. The molecule has 116 valence electrons. The van der Waals surface area contributed by atoms with E-state index >= 15 is 0 Å². The highest BCUT2D eigenvalue weighted by molar-refractivity contribution is 5.37. The van der Waals surface area contributed by atoms with Crippen LogP contribution in [0.5, 0.6) is 5.75 Å². The minimum atomic E-state index is 0.331. The van der Waals surface area contributed by atoms with Crippen molar-refractivity contribution < 1.29 is 4.74 Å². The smallest absolute Gasteiger partial charge is 0.123 e. The molecule has 1 aromatic rings. The fourth-order valence-electron chi connectivity index (χ4n) is 3.61. The third-order valence-corrected chi connectivity index (χ3v) is 4.61. The van der Waals surface area contributed by atoms with E-state index in [4.69, 9.17) is 4.74 Å². The average Bonchev–Trinajstić information content (AvgIpc) is 2.90. The molecule has 0 aliphatic carbocycles. The third kappa shape index (κ3) is 3.98. The molecule has 21 heavy (non-hydrogen) atoms. The normalized spacial score (nSPS) is 24.9. The van der Waals surface area contributed by atoms with Crippen molar-refractivity contribution in [1.82, 2.24) is 10.2 Å². The molecule has 2 unspecified atom stereocenters. The number of hydrogen-bond acceptors (Lipinski definition) is 3. The van der Waals surface area contributed by atoms with Crippen LogP contribution >= 0.6 is 0 Å². The lowest BCUT2D eigenvalue weighted by atomic mass is 10.0. The Hall–Kier alpha value is -1.06. The maximum atomic E-state index is 6.11. The quantitative estimate of drug-likeness (QED) is 0.871. The molecule has 2 atom stereocenters. The SMILES string of the molecule is CCCN(CC1CCCCN1)CC1Cc2ccccc2O1. The van der Waals surface area contributed by atoms with E-state index in [0.717, 1.165) is 18.7 Å². The molecule has 3 rings (SSSR count). The van der Waals surface area contributed by atoms with Gasteiger partial charge in [0.05, 0.1) is 0 Å². The second-order valence-corrected chi connectivity index (χ2v) is 6.46. The van der Waals surface area contributed by atoms with Gasteiger partial charge in [-0.3, -0.25) is 4.90 Å². The summed E-state index contributed by atoms with van der Waals surface area (Å²) in [5, 5.41) is 3.67. The van der Waals surface area contributed by atoms with Crippen LogP contribution in [0.3, 0.4) is 0 Å². The number of ether oxygens (including phenoxy) is 1.